The third-order valence-corrected chi connectivity index (χ3v) is 6.25. The van der Waals surface area contributed by atoms with E-state index in [0.29, 0.717) is 38.3 Å². The average molecular weight is 547 g/mol. The Morgan fingerprint density at radius 1 is 1.24 bits per heavy atom. The molecule has 1 aliphatic heterocycles. The van der Waals surface area contributed by atoms with Crippen LogP contribution in [0.2, 0.25) is 0 Å². The zero-order valence-electron chi connectivity index (χ0n) is 19.6. The van der Waals surface area contributed by atoms with Gasteiger partial charge in [0.2, 0.25) is 5.43 Å². The Morgan fingerprint density at radius 2 is 1.95 bits per heavy atom. The number of pyridine rings is 3. The average Bonchev–Trinajstić information content (AvgIpc) is 3.32. The monoisotopic (exact) mass is 547 g/mol. The largest absolute Gasteiger partial charge is 0.455 e. The number of hydrogen-bond donors (Lipinski definition) is 2. The van der Waals surface area contributed by atoms with E-state index in [2.05, 4.69) is 9.97 Å². The summed E-state index contributed by atoms with van der Waals surface area (Å²) in [6.07, 6.45) is -3.28. The van der Waals surface area contributed by atoms with E-state index in [1.54, 1.807) is 4.90 Å². The molecule has 1 amide bonds. The van der Waals surface area contributed by atoms with Crippen LogP contribution < -0.4 is 15.6 Å². The number of alkyl halides is 5. The van der Waals surface area contributed by atoms with Crippen LogP contribution in [0.15, 0.2) is 35.4 Å². The molecule has 3 aromatic rings. The van der Waals surface area contributed by atoms with E-state index in [-0.39, 0.29) is 29.5 Å². The summed E-state index contributed by atoms with van der Waals surface area (Å²) in [6.45, 7) is 0.719. The number of carbonyl (C=O) groups is 1. The molecule has 4 rings (SSSR count). The fourth-order valence-electron chi connectivity index (χ4n) is 4.20. The van der Waals surface area contributed by atoms with Crippen molar-refractivity contribution in [1.82, 2.24) is 19.9 Å². The third kappa shape index (κ3) is 4.77. The second-order valence-corrected chi connectivity index (χ2v) is 8.73. The van der Waals surface area contributed by atoms with Crippen LogP contribution in [0.5, 0.6) is 0 Å². The highest BCUT2D eigenvalue weighted by molar-refractivity contribution is 5.97. The number of aliphatic hydroxyl groups is 1. The number of rotatable bonds is 6. The molecule has 2 atom stereocenters. The molecule has 1 saturated heterocycles. The first-order valence-electron chi connectivity index (χ1n) is 11.3. The first-order chi connectivity index (χ1) is 17.8. The summed E-state index contributed by atoms with van der Waals surface area (Å²) in [4.78, 5) is 35.6. The molecule has 8 nitrogen and oxygen atoms in total. The molecule has 1 aliphatic rings. The quantitative estimate of drug-likeness (QED) is 0.460. The lowest BCUT2D eigenvalue weighted by Crippen LogP contribution is -2.54. The fourth-order valence-corrected chi connectivity index (χ4v) is 4.20. The predicted molar refractivity (Wildman–Crippen MR) is 120 cm³/mol. The number of hydrogen-bond acceptors (Lipinski definition) is 6. The Kier molecular flexibility index (Phi) is 7.07. The summed E-state index contributed by atoms with van der Waals surface area (Å²) >= 11 is 0. The molecule has 1 fully saturated rings. The Morgan fingerprint density at radius 3 is 2.58 bits per heavy atom. The van der Waals surface area contributed by atoms with Crippen LogP contribution in [0.3, 0.4) is 0 Å². The minimum Gasteiger partial charge on any atom is -0.394 e. The number of halogens is 7. The number of aromatic nitrogens is 3. The van der Waals surface area contributed by atoms with Crippen molar-refractivity contribution < 1.29 is 40.6 Å². The topological polar surface area (TPSA) is 100 Å². The smallest absolute Gasteiger partial charge is 0.394 e. The van der Waals surface area contributed by atoms with Crippen LogP contribution in [-0.2, 0) is 0 Å². The van der Waals surface area contributed by atoms with Crippen molar-refractivity contribution in [3.05, 3.63) is 58.0 Å². The van der Waals surface area contributed by atoms with Gasteiger partial charge < -0.3 is 15.3 Å². The number of aliphatic hydroxyl groups excluding tert-OH is 1. The second kappa shape index (κ2) is 9.85. The zero-order chi connectivity index (χ0) is 28.0. The van der Waals surface area contributed by atoms with Gasteiger partial charge in [-0.25, -0.2) is 18.7 Å². The van der Waals surface area contributed by atoms with Gasteiger partial charge >= 0.3 is 12.1 Å². The van der Waals surface area contributed by atoms with Crippen LogP contribution >= 0.6 is 0 Å². The summed E-state index contributed by atoms with van der Waals surface area (Å²) in [6, 6.07) is 0.0192. The number of amides is 1. The van der Waals surface area contributed by atoms with Crippen LogP contribution in [-0.4, -0.2) is 62.9 Å². The van der Waals surface area contributed by atoms with Gasteiger partial charge in [-0.3, -0.25) is 14.2 Å². The van der Waals surface area contributed by atoms with Crippen molar-refractivity contribution in [1.29, 1.82) is 0 Å². The van der Waals surface area contributed by atoms with E-state index < -0.39 is 52.5 Å². The van der Waals surface area contributed by atoms with E-state index in [9.17, 15) is 45.4 Å². The van der Waals surface area contributed by atoms with Gasteiger partial charge in [0, 0.05) is 18.8 Å². The summed E-state index contributed by atoms with van der Waals surface area (Å²) in [5, 5.41) is 10.8. The van der Waals surface area contributed by atoms with Crippen molar-refractivity contribution in [2.24, 2.45) is 0 Å². The standard InChI is InChI=1S/C23H20F7N5O3/c1-11(22(26,27)23(28,29)30)32-21(38)15-9-35(20-16(25)7-12(24)8-31-20)19-14(18(15)37)4-5-17(33-19)34-6-2-3-13(34)10-36/h4-5,7-9,11,13,36H,2-3,6,10H2,1H3,(H,32,38)/t11?,13-/m1/s1. The lowest BCUT2D eigenvalue weighted by Gasteiger charge is -2.26. The molecule has 0 saturated carbocycles. The summed E-state index contributed by atoms with van der Waals surface area (Å²) < 4.78 is 94.6. The maximum absolute atomic E-state index is 14.7. The van der Waals surface area contributed by atoms with Gasteiger partial charge in [-0.1, -0.05) is 0 Å². The molecule has 0 spiro atoms. The highest BCUT2D eigenvalue weighted by Crippen LogP contribution is 2.38. The van der Waals surface area contributed by atoms with Gasteiger partial charge in [-0.05, 0) is 31.9 Å². The maximum Gasteiger partial charge on any atom is 0.455 e. The number of nitrogens with zero attached hydrogens (tertiary/aromatic N) is 4. The SMILES string of the molecule is CC(NC(=O)c1cn(-c2ncc(F)cc2F)c2nc(N3CCC[C@@H]3CO)ccc2c1=O)C(F)(F)C(F)(F)F. The van der Waals surface area contributed by atoms with Crippen LogP contribution in [0.4, 0.5) is 36.6 Å². The molecule has 4 heterocycles. The zero-order valence-corrected chi connectivity index (χ0v) is 19.6. The Bertz CT molecular complexity index is 1440. The highest BCUT2D eigenvalue weighted by atomic mass is 19.4. The number of fused-ring (bicyclic) bond motifs is 1. The molecular formula is C23H20F7N5O3. The van der Waals surface area contributed by atoms with E-state index in [1.165, 1.54) is 17.4 Å². The first kappa shape index (κ1) is 27.3. The van der Waals surface area contributed by atoms with Crippen molar-refractivity contribution in [2.45, 2.75) is 43.9 Å². The lowest BCUT2D eigenvalue weighted by atomic mass is 10.1. The van der Waals surface area contributed by atoms with E-state index in [0.717, 1.165) is 11.0 Å². The molecule has 0 aliphatic carbocycles. The Labute approximate surface area is 209 Å². The molecular weight excluding hydrogens is 527 g/mol. The highest BCUT2D eigenvalue weighted by Gasteiger charge is 2.61. The molecule has 38 heavy (non-hydrogen) atoms. The molecule has 0 radical (unpaired) electrons. The molecule has 204 valence electrons. The van der Waals surface area contributed by atoms with Gasteiger partial charge in [-0.2, -0.15) is 22.0 Å². The minimum atomic E-state index is -5.98. The van der Waals surface area contributed by atoms with Gasteiger partial charge in [0.1, 0.15) is 17.2 Å². The molecule has 2 N–H and O–H groups in total. The fraction of sp³-hybridized carbons (Fsp3) is 0.391. The molecule has 15 heteroatoms. The second-order valence-electron chi connectivity index (χ2n) is 8.73. The molecule has 1 unspecified atom stereocenters. The molecule has 3 aromatic heterocycles. The Balaban J connectivity index is 1.88. The van der Waals surface area contributed by atoms with Crippen molar-refractivity contribution in [3.8, 4) is 5.82 Å². The van der Waals surface area contributed by atoms with Crippen LogP contribution in [0.25, 0.3) is 16.9 Å². The van der Waals surface area contributed by atoms with Gasteiger partial charge in [0.15, 0.2) is 17.3 Å². The first-order valence-corrected chi connectivity index (χ1v) is 11.3. The van der Waals surface area contributed by atoms with Crippen molar-refractivity contribution in [2.75, 3.05) is 18.1 Å². The molecule has 0 bridgehead atoms. The Hall–Kier alpha value is -3.75. The van der Waals surface area contributed by atoms with Crippen molar-refractivity contribution in [3.63, 3.8) is 0 Å². The van der Waals surface area contributed by atoms with Gasteiger partial charge in [0.05, 0.1) is 30.3 Å². The number of carbonyl (C=O) groups excluding carboxylic acids is 1. The maximum atomic E-state index is 14.7. The normalized spacial score (nSPS) is 17.2. The van der Waals surface area contributed by atoms with Crippen molar-refractivity contribution >= 4 is 22.8 Å². The number of anilines is 1. The predicted octanol–water partition coefficient (Wildman–Crippen LogP) is 3.34. The summed E-state index contributed by atoms with van der Waals surface area (Å²) in [7, 11) is 0. The van der Waals surface area contributed by atoms with E-state index >= 15 is 0 Å². The van der Waals surface area contributed by atoms with E-state index in [4.69, 9.17) is 0 Å². The number of nitrogens with one attached hydrogen (secondary N) is 1. The summed E-state index contributed by atoms with van der Waals surface area (Å²) in [5.41, 5.74) is -2.24. The van der Waals surface area contributed by atoms with Gasteiger partial charge in [-0.15, -0.1) is 0 Å². The van der Waals surface area contributed by atoms with E-state index in [1.807, 2.05) is 0 Å². The molecule has 0 aromatic carbocycles. The third-order valence-electron chi connectivity index (χ3n) is 6.25. The van der Waals surface area contributed by atoms with Crippen LogP contribution in [0.1, 0.15) is 30.1 Å². The van der Waals surface area contributed by atoms with Crippen LogP contribution in [0, 0.1) is 11.6 Å². The lowest BCUT2D eigenvalue weighted by molar-refractivity contribution is -0.290. The minimum absolute atomic E-state index is 0.194. The summed E-state index contributed by atoms with van der Waals surface area (Å²) in [5.74, 6) is -9.54. The van der Waals surface area contributed by atoms with Gasteiger partial charge in [0.25, 0.3) is 5.91 Å².